The fraction of sp³-hybridized carbons (Fsp3) is 0.235. The first kappa shape index (κ1) is 18.1. The second kappa shape index (κ2) is 7.09. The van der Waals surface area contributed by atoms with E-state index in [0.29, 0.717) is 5.56 Å². The summed E-state index contributed by atoms with van der Waals surface area (Å²) >= 11 is 0. The quantitative estimate of drug-likeness (QED) is 0.777. The van der Waals surface area contributed by atoms with E-state index in [9.17, 15) is 22.0 Å². The number of sulfone groups is 1. The molecule has 0 bridgehead atoms. The zero-order chi connectivity index (χ0) is 17.9. The Balaban J connectivity index is 2.15. The molecule has 0 spiro atoms. The molecule has 0 radical (unpaired) electrons. The molecule has 0 heterocycles. The summed E-state index contributed by atoms with van der Waals surface area (Å²) in [6.07, 6.45) is 0. The van der Waals surface area contributed by atoms with Crippen molar-refractivity contribution in [3.8, 4) is 0 Å². The maximum Gasteiger partial charge on any atom is 0.241 e. The second-order valence-corrected chi connectivity index (χ2v) is 7.73. The lowest BCUT2D eigenvalue weighted by molar-refractivity contribution is -0.129. The zero-order valence-electron chi connectivity index (χ0n) is 13.2. The number of benzene rings is 2. The number of hydrogen-bond donors (Lipinski definition) is 0. The molecule has 1 atom stereocenters. The fourth-order valence-corrected chi connectivity index (χ4v) is 3.58. The first-order chi connectivity index (χ1) is 11.2. The Hall–Kier alpha value is -2.28. The van der Waals surface area contributed by atoms with Crippen LogP contribution in [0.2, 0.25) is 0 Å². The third-order valence-corrected chi connectivity index (χ3v) is 5.73. The lowest BCUT2D eigenvalue weighted by atomic mass is 10.2. The van der Waals surface area contributed by atoms with Crippen LogP contribution in [0.5, 0.6) is 0 Å². The van der Waals surface area contributed by atoms with Crippen molar-refractivity contribution < 1.29 is 22.0 Å². The van der Waals surface area contributed by atoms with Gasteiger partial charge in [-0.2, -0.15) is 0 Å². The van der Waals surface area contributed by atoms with Crippen LogP contribution in [0.4, 0.5) is 8.78 Å². The molecule has 0 aliphatic rings. The van der Waals surface area contributed by atoms with Gasteiger partial charge in [-0.3, -0.25) is 4.79 Å². The normalized spacial score (nSPS) is 12.7. The first-order valence-electron chi connectivity index (χ1n) is 7.20. The van der Waals surface area contributed by atoms with Gasteiger partial charge in [-0.15, -0.1) is 0 Å². The van der Waals surface area contributed by atoms with Crippen LogP contribution in [0, 0.1) is 11.6 Å². The molecular formula is C17H17F2NO3S. The molecule has 0 aliphatic carbocycles. The molecule has 7 heteroatoms. The molecule has 0 aliphatic heterocycles. The third-order valence-electron chi connectivity index (χ3n) is 3.66. The van der Waals surface area contributed by atoms with Crippen LogP contribution in [0.25, 0.3) is 0 Å². The lowest BCUT2D eigenvalue weighted by Gasteiger charge is -2.21. The second-order valence-electron chi connectivity index (χ2n) is 5.46. The summed E-state index contributed by atoms with van der Waals surface area (Å²) in [6, 6.07) is 9.93. The molecule has 2 aromatic rings. The van der Waals surface area contributed by atoms with Crippen molar-refractivity contribution in [3.63, 3.8) is 0 Å². The molecule has 0 aromatic heterocycles. The molecule has 24 heavy (non-hydrogen) atoms. The summed E-state index contributed by atoms with van der Waals surface area (Å²) in [5, 5.41) is -1.31. The van der Waals surface area contributed by atoms with E-state index >= 15 is 0 Å². The standard InChI is InChI=1S/C17H17F2NO3S/c1-12(24(22,23)16-9-7-15(19)8-10-16)17(21)20(2)11-13-3-5-14(18)6-4-13/h3-10,12H,11H2,1-2H3. The highest BCUT2D eigenvalue weighted by molar-refractivity contribution is 7.92. The van der Waals surface area contributed by atoms with E-state index in [2.05, 4.69) is 0 Å². The number of amides is 1. The van der Waals surface area contributed by atoms with Gasteiger partial charge in [0.1, 0.15) is 16.9 Å². The first-order valence-corrected chi connectivity index (χ1v) is 8.75. The van der Waals surface area contributed by atoms with Crippen molar-refractivity contribution >= 4 is 15.7 Å². The van der Waals surface area contributed by atoms with Gasteiger partial charge in [0.05, 0.1) is 4.90 Å². The number of carbonyl (C=O) groups is 1. The van der Waals surface area contributed by atoms with Crippen LogP contribution < -0.4 is 0 Å². The summed E-state index contributed by atoms with van der Waals surface area (Å²) in [7, 11) is -2.44. The van der Waals surface area contributed by atoms with Crippen molar-refractivity contribution in [3.05, 3.63) is 65.7 Å². The SMILES string of the molecule is CC(C(=O)N(C)Cc1ccc(F)cc1)S(=O)(=O)c1ccc(F)cc1. The molecule has 2 rings (SSSR count). The molecule has 0 saturated heterocycles. The maximum atomic E-state index is 12.9. The molecule has 0 N–H and O–H groups in total. The molecule has 4 nitrogen and oxygen atoms in total. The average molecular weight is 353 g/mol. The van der Waals surface area contributed by atoms with E-state index in [4.69, 9.17) is 0 Å². The number of carbonyl (C=O) groups excluding carboxylic acids is 1. The van der Waals surface area contributed by atoms with Gasteiger partial charge in [-0.1, -0.05) is 12.1 Å². The topological polar surface area (TPSA) is 54.5 Å². The highest BCUT2D eigenvalue weighted by Crippen LogP contribution is 2.18. The minimum atomic E-state index is -3.92. The summed E-state index contributed by atoms with van der Waals surface area (Å²) < 4.78 is 50.8. The van der Waals surface area contributed by atoms with Crippen molar-refractivity contribution in [1.82, 2.24) is 4.90 Å². The number of halogens is 2. The highest BCUT2D eigenvalue weighted by atomic mass is 32.2. The number of hydrogen-bond acceptors (Lipinski definition) is 3. The number of rotatable bonds is 5. The zero-order valence-corrected chi connectivity index (χ0v) is 14.1. The van der Waals surface area contributed by atoms with Gasteiger partial charge in [0, 0.05) is 13.6 Å². The van der Waals surface area contributed by atoms with Gasteiger partial charge in [0.25, 0.3) is 0 Å². The van der Waals surface area contributed by atoms with E-state index in [-0.39, 0.29) is 17.3 Å². The summed E-state index contributed by atoms with van der Waals surface area (Å²) in [5.41, 5.74) is 0.679. The molecule has 1 amide bonds. The van der Waals surface area contributed by atoms with Gasteiger partial charge < -0.3 is 4.90 Å². The van der Waals surface area contributed by atoms with Crippen molar-refractivity contribution in [2.45, 2.75) is 23.6 Å². The molecular weight excluding hydrogens is 336 g/mol. The van der Waals surface area contributed by atoms with Crippen LogP contribution >= 0.6 is 0 Å². The number of nitrogens with zero attached hydrogens (tertiary/aromatic N) is 1. The molecule has 2 aromatic carbocycles. The Morgan fingerprint density at radius 3 is 1.96 bits per heavy atom. The van der Waals surface area contributed by atoms with E-state index in [0.717, 1.165) is 24.3 Å². The van der Waals surface area contributed by atoms with Crippen LogP contribution in [0.15, 0.2) is 53.4 Å². The fourth-order valence-electron chi connectivity index (χ4n) is 2.21. The molecule has 1 unspecified atom stereocenters. The highest BCUT2D eigenvalue weighted by Gasteiger charge is 2.31. The van der Waals surface area contributed by atoms with Crippen molar-refractivity contribution in [2.24, 2.45) is 0 Å². The van der Waals surface area contributed by atoms with Crippen molar-refractivity contribution in [1.29, 1.82) is 0 Å². The van der Waals surface area contributed by atoms with Gasteiger partial charge in [-0.25, -0.2) is 17.2 Å². The Labute approximate surface area is 139 Å². The predicted molar refractivity (Wildman–Crippen MR) is 85.9 cm³/mol. The lowest BCUT2D eigenvalue weighted by Crippen LogP contribution is -2.38. The minimum Gasteiger partial charge on any atom is -0.340 e. The van der Waals surface area contributed by atoms with E-state index in [1.54, 1.807) is 0 Å². The van der Waals surface area contributed by atoms with Gasteiger partial charge in [0.15, 0.2) is 9.84 Å². The molecule has 128 valence electrons. The van der Waals surface area contributed by atoms with Gasteiger partial charge in [-0.05, 0) is 48.9 Å². The Morgan fingerprint density at radius 1 is 1.00 bits per heavy atom. The van der Waals surface area contributed by atoms with E-state index in [1.807, 2.05) is 0 Å². The summed E-state index contributed by atoms with van der Waals surface area (Å²) in [4.78, 5) is 13.6. The molecule has 0 fully saturated rings. The van der Waals surface area contributed by atoms with Crippen molar-refractivity contribution in [2.75, 3.05) is 7.05 Å². The van der Waals surface area contributed by atoms with Crippen LogP contribution in [0.1, 0.15) is 12.5 Å². The van der Waals surface area contributed by atoms with Crippen LogP contribution in [-0.4, -0.2) is 31.5 Å². The van der Waals surface area contributed by atoms with Crippen LogP contribution in [-0.2, 0) is 21.2 Å². The Morgan fingerprint density at radius 2 is 1.46 bits per heavy atom. The van der Waals surface area contributed by atoms with Gasteiger partial charge >= 0.3 is 0 Å². The Bertz CT molecular complexity index is 818. The largest absolute Gasteiger partial charge is 0.340 e. The molecule has 0 saturated carbocycles. The summed E-state index contributed by atoms with van der Waals surface area (Å²) in [6.45, 7) is 1.45. The predicted octanol–water partition coefficient (Wildman–Crippen LogP) is 2.79. The third kappa shape index (κ3) is 3.97. The van der Waals surface area contributed by atoms with Crippen LogP contribution in [0.3, 0.4) is 0 Å². The van der Waals surface area contributed by atoms with E-state index < -0.39 is 26.8 Å². The Kier molecular flexibility index (Phi) is 5.33. The summed E-state index contributed by atoms with van der Waals surface area (Å²) in [5.74, 6) is -1.54. The van der Waals surface area contributed by atoms with Gasteiger partial charge in [0.2, 0.25) is 5.91 Å². The maximum absolute atomic E-state index is 12.9. The minimum absolute atomic E-state index is 0.111. The monoisotopic (exact) mass is 353 g/mol. The smallest absolute Gasteiger partial charge is 0.241 e. The van der Waals surface area contributed by atoms with E-state index in [1.165, 1.54) is 43.1 Å². The average Bonchev–Trinajstić information content (AvgIpc) is 2.56.